The molecule has 3 N–H and O–H groups in total. The number of anilines is 3. The Hall–Kier alpha value is -3.14. The molecular weight excluding hydrogens is 338 g/mol. The Morgan fingerprint density at radius 3 is 2.58 bits per heavy atom. The fourth-order valence-electron chi connectivity index (χ4n) is 2.82. The van der Waals surface area contributed by atoms with Crippen molar-refractivity contribution in [2.24, 2.45) is 7.05 Å². The van der Waals surface area contributed by atoms with E-state index in [0.29, 0.717) is 5.69 Å². The number of pyridine rings is 1. The summed E-state index contributed by atoms with van der Waals surface area (Å²) in [6.45, 7) is 3.54. The van der Waals surface area contributed by atoms with E-state index >= 15 is 0 Å². The normalized spacial score (nSPS) is 15.1. The maximum Gasteiger partial charge on any atom is 0.287 e. The molecule has 0 atom stereocenters. The molecule has 1 saturated heterocycles. The van der Waals surface area contributed by atoms with E-state index in [0.717, 1.165) is 32.0 Å². The first-order valence-electron chi connectivity index (χ1n) is 8.17. The zero-order valence-electron chi connectivity index (χ0n) is 14.7. The monoisotopic (exact) mass is 359 g/mol. The maximum absolute atomic E-state index is 12.5. The summed E-state index contributed by atoms with van der Waals surface area (Å²) >= 11 is 0. The van der Waals surface area contributed by atoms with Crippen molar-refractivity contribution in [2.45, 2.75) is 0 Å². The van der Waals surface area contributed by atoms with Gasteiger partial charge in [0.2, 0.25) is 0 Å². The molecule has 0 aromatic carbocycles. The van der Waals surface area contributed by atoms with Crippen LogP contribution in [0.15, 0.2) is 24.4 Å². The number of piperazine rings is 1. The summed E-state index contributed by atoms with van der Waals surface area (Å²) in [5.41, 5.74) is 6.28. The quantitative estimate of drug-likeness (QED) is 0.614. The highest BCUT2D eigenvalue weighted by molar-refractivity contribution is 6.04. The number of nitro groups is 1. The lowest BCUT2D eigenvalue weighted by Gasteiger charge is -2.33. The van der Waals surface area contributed by atoms with Crippen LogP contribution in [0.2, 0.25) is 0 Å². The molecule has 10 nitrogen and oxygen atoms in total. The number of aromatic nitrogens is 2. The molecular formula is C16H21N7O3. The number of carbonyl (C=O) groups excluding carboxylic acids is 1. The Morgan fingerprint density at radius 2 is 1.96 bits per heavy atom. The molecule has 0 saturated carbocycles. The zero-order valence-corrected chi connectivity index (χ0v) is 14.7. The van der Waals surface area contributed by atoms with Gasteiger partial charge < -0.3 is 25.4 Å². The van der Waals surface area contributed by atoms with Crippen LogP contribution in [0.25, 0.3) is 0 Å². The van der Waals surface area contributed by atoms with E-state index in [2.05, 4.69) is 27.1 Å². The number of nitrogens with one attached hydrogen (secondary N) is 1. The molecule has 2 aromatic rings. The Kier molecular flexibility index (Phi) is 4.76. The van der Waals surface area contributed by atoms with Crippen LogP contribution in [0.1, 0.15) is 10.5 Å². The number of hydrogen-bond acceptors (Lipinski definition) is 7. The van der Waals surface area contributed by atoms with Gasteiger partial charge in [0, 0.05) is 39.3 Å². The number of rotatable bonds is 4. The second-order valence-electron chi connectivity index (χ2n) is 6.30. The number of hydrogen-bond donors (Lipinski definition) is 2. The average molecular weight is 359 g/mol. The van der Waals surface area contributed by atoms with E-state index in [4.69, 9.17) is 5.73 Å². The van der Waals surface area contributed by atoms with Crippen molar-refractivity contribution in [3.05, 3.63) is 40.2 Å². The van der Waals surface area contributed by atoms with Gasteiger partial charge in [-0.3, -0.25) is 14.9 Å². The van der Waals surface area contributed by atoms with Gasteiger partial charge in [-0.25, -0.2) is 4.98 Å². The van der Waals surface area contributed by atoms with Crippen LogP contribution in [0.4, 0.5) is 23.0 Å². The Labute approximate surface area is 150 Å². The first kappa shape index (κ1) is 17.7. The average Bonchev–Trinajstić information content (AvgIpc) is 3.00. The first-order chi connectivity index (χ1) is 12.3. The number of aryl methyl sites for hydroxylation is 1. The summed E-state index contributed by atoms with van der Waals surface area (Å²) < 4.78 is 1.40. The van der Waals surface area contributed by atoms with E-state index in [-0.39, 0.29) is 17.2 Å². The predicted molar refractivity (Wildman–Crippen MR) is 98.4 cm³/mol. The van der Waals surface area contributed by atoms with Crippen molar-refractivity contribution >= 4 is 28.9 Å². The third-order valence-corrected chi connectivity index (χ3v) is 4.40. The summed E-state index contributed by atoms with van der Waals surface area (Å²) in [6.07, 6.45) is 1.28. The molecule has 3 rings (SSSR count). The second-order valence-corrected chi connectivity index (χ2v) is 6.30. The highest BCUT2D eigenvalue weighted by atomic mass is 16.6. The standard InChI is InChI=1S/C16H21N7O3/c1-20-5-7-22(8-6-20)14-4-3-12(17)15(18-14)19-16(24)13-9-11(23(25)26)10-21(13)2/h3-4,9-10H,5-8,17H2,1-2H3,(H,18,19,24). The molecule has 2 aromatic heterocycles. The molecule has 10 heteroatoms. The topological polar surface area (TPSA) is 123 Å². The minimum Gasteiger partial charge on any atom is -0.396 e. The number of nitrogens with zero attached hydrogens (tertiary/aromatic N) is 5. The predicted octanol–water partition coefficient (Wildman–Crippen LogP) is 0.915. The maximum atomic E-state index is 12.5. The van der Waals surface area contributed by atoms with Gasteiger partial charge in [-0.05, 0) is 19.2 Å². The third kappa shape index (κ3) is 3.59. The van der Waals surface area contributed by atoms with Crippen LogP contribution in [0.3, 0.4) is 0 Å². The van der Waals surface area contributed by atoms with E-state index in [1.165, 1.54) is 16.8 Å². The lowest BCUT2D eigenvalue weighted by atomic mass is 10.3. The van der Waals surface area contributed by atoms with Crippen LogP contribution < -0.4 is 16.0 Å². The molecule has 1 aliphatic rings. The minimum absolute atomic E-state index is 0.148. The SMILES string of the molecule is CN1CCN(c2ccc(N)c(NC(=O)c3cc([N+](=O)[O-])cn3C)n2)CC1. The van der Waals surface area contributed by atoms with Crippen molar-refractivity contribution in [1.29, 1.82) is 0 Å². The van der Waals surface area contributed by atoms with Gasteiger partial charge in [-0.2, -0.15) is 0 Å². The van der Waals surface area contributed by atoms with Crippen LogP contribution >= 0.6 is 0 Å². The van der Waals surface area contributed by atoms with Crippen molar-refractivity contribution < 1.29 is 9.72 Å². The Bertz CT molecular complexity index is 840. The Morgan fingerprint density at radius 1 is 1.27 bits per heavy atom. The molecule has 0 bridgehead atoms. The van der Waals surface area contributed by atoms with Gasteiger partial charge in [-0.1, -0.05) is 0 Å². The number of nitrogens with two attached hydrogens (primary N) is 1. The fourth-order valence-corrected chi connectivity index (χ4v) is 2.82. The smallest absolute Gasteiger partial charge is 0.287 e. The number of amides is 1. The molecule has 1 amide bonds. The fraction of sp³-hybridized carbons (Fsp3) is 0.375. The van der Waals surface area contributed by atoms with Crippen LogP contribution in [-0.4, -0.2) is 58.5 Å². The number of nitrogen functional groups attached to an aromatic ring is 1. The summed E-state index contributed by atoms with van der Waals surface area (Å²) in [6, 6.07) is 4.74. The summed E-state index contributed by atoms with van der Waals surface area (Å²) in [5.74, 6) is 0.478. The third-order valence-electron chi connectivity index (χ3n) is 4.40. The van der Waals surface area contributed by atoms with E-state index in [9.17, 15) is 14.9 Å². The number of carbonyl (C=O) groups is 1. The van der Waals surface area contributed by atoms with Gasteiger partial charge in [-0.15, -0.1) is 0 Å². The molecule has 26 heavy (non-hydrogen) atoms. The molecule has 0 radical (unpaired) electrons. The minimum atomic E-state index is -0.544. The molecule has 1 aliphatic heterocycles. The molecule has 0 spiro atoms. The summed E-state index contributed by atoms with van der Waals surface area (Å²) in [4.78, 5) is 31.6. The van der Waals surface area contributed by atoms with Crippen LogP contribution in [0, 0.1) is 10.1 Å². The van der Waals surface area contributed by atoms with Crippen molar-refractivity contribution in [2.75, 3.05) is 49.2 Å². The molecule has 0 unspecified atom stereocenters. The van der Waals surface area contributed by atoms with Gasteiger partial charge >= 0.3 is 0 Å². The van der Waals surface area contributed by atoms with E-state index < -0.39 is 10.8 Å². The lowest BCUT2D eigenvalue weighted by Crippen LogP contribution is -2.44. The Balaban J connectivity index is 1.80. The highest BCUT2D eigenvalue weighted by Crippen LogP contribution is 2.23. The summed E-state index contributed by atoms with van der Waals surface area (Å²) in [7, 11) is 3.64. The largest absolute Gasteiger partial charge is 0.396 e. The van der Waals surface area contributed by atoms with Gasteiger partial charge in [0.05, 0.1) is 16.8 Å². The van der Waals surface area contributed by atoms with Crippen molar-refractivity contribution in [1.82, 2.24) is 14.5 Å². The van der Waals surface area contributed by atoms with E-state index in [1.54, 1.807) is 13.1 Å². The highest BCUT2D eigenvalue weighted by Gasteiger charge is 2.20. The molecule has 1 fully saturated rings. The summed E-state index contributed by atoms with van der Waals surface area (Å²) in [5, 5.41) is 13.5. The molecule has 138 valence electrons. The van der Waals surface area contributed by atoms with Gasteiger partial charge in [0.1, 0.15) is 11.5 Å². The second kappa shape index (κ2) is 7.00. The van der Waals surface area contributed by atoms with Crippen LogP contribution in [0.5, 0.6) is 0 Å². The van der Waals surface area contributed by atoms with Gasteiger partial charge in [0.15, 0.2) is 5.82 Å². The van der Waals surface area contributed by atoms with Crippen LogP contribution in [-0.2, 0) is 7.05 Å². The lowest BCUT2D eigenvalue weighted by molar-refractivity contribution is -0.384. The van der Waals surface area contributed by atoms with Gasteiger partial charge in [0.25, 0.3) is 11.6 Å². The molecule has 3 heterocycles. The number of likely N-dealkylation sites (N-methyl/N-ethyl adjacent to an activating group) is 1. The van der Waals surface area contributed by atoms with E-state index in [1.807, 2.05) is 6.07 Å². The first-order valence-corrected chi connectivity index (χ1v) is 8.17. The van der Waals surface area contributed by atoms with Crippen molar-refractivity contribution in [3.8, 4) is 0 Å². The van der Waals surface area contributed by atoms with Crippen molar-refractivity contribution in [3.63, 3.8) is 0 Å². The molecule has 0 aliphatic carbocycles. The zero-order chi connectivity index (χ0) is 18.8.